The summed E-state index contributed by atoms with van der Waals surface area (Å²) >= 11 is 0. The lowest BCUT2D eigenvalue weighted by Gasteiger charge is -2.35. The molecule has 3 unspecified atom stereocenters. The second-order valence-electron chi connectivity index (χ2n) is 14.6. The Morgan fingerprint density at radius 3 is 2.10 bits per heavy atom. The van der Waals surface area contributed by atoms with Crippen molar-refractivity contribution in [2.75, 3.05) is 4.90 Å². The van der Waals surface area contributed by atoms with Crippen LogP contribution in [-0.2, 0) is 10.8 Å². The molecule has 0 radical (unpaired) electrons. The van der Waals surface area contributed by atoms with Gasteiger partial charge in [-0.2, -0.15) is 0 Å². The Morgan fingerprint density at radius 1 is 0.708 bits per heavy atom. The summed E-state index contributed by atoms with van der Waals surface area (Å²) in [7, 11) is 0. The fourth-order valence-corrected chi connectivity index (χ4v) is 9.03. The maximum absolute atomic E-state index is 2.59. The molecule has 4 aliphatic carbocycles. The van der Waals surface area contributed by atoms with Crippen molar-refractivity contribution in [1.82, 2.24) is 4.57 Å². The Kier molecular flexibility index (Phi) is 5.83. The normalized spacial score (nSPS) is 22.8. The van der Waals surface area contributed by atoms with Gasteiger partial charge in [0, 0.05) is 38.7 Å². The van der Waals surface area contributed by atoms with Crippen molar-refractivity contribution in [3.05, 3.63) is 180 Å². The van der Waals surface area contributed by atoms with Gasteiger partial charge in [0.1, 0.15) is 0 Å². The number of benzene rings is 5. The summed E-state index contributed by atoms with van der Waals surface area (Å²) < 4.78 is 2.44. The van der Waals surface area contributed by atoms with Crippen LogP contribution >= 0.6 is 0 Å². The third kappa shape index (κ3) is 3.92. The molecule has 1 heterocycles. The van der Waals surface area contributed by atoms with Crippen LogP contribution in [0.25, 0.3) is 38.6 Å². The number of anilines is 1. The van der Waals surface area contributed by atoms with E-state index in [1.807, 2.05) is 0 Å². The number of fused-ring (bicyclic) bond motifs is 7. The molecule has 1 fully saturated rings. The topological polar surface area (TPSA) is 8.17 Å². The molecule has 4 aliphatic rings. The van der Waals surface area contributed by atoms with Crippen LogP contribution in [-0.4, -0.2) is 10.6 Å². The van der Waals surface area contributed by atoms with Crippen molar-refractivity contribution in [3.63, 3.8) is 0 Å². The van der Waals surface area contributed by atoms with Crippen molar-refractivity contribution in [3.8, 4) is 16.8 Å². The first-order chi connectivity index (χ1) is 23.5. The van der Waals surface area contributed by atoms with Crippen LogP contribution in [0.3, 0.4) is 0 Å². The number of hydrogen-bond acceptors (Lipinski definition) is 1. The van der Waals surface area contributed by atoms with Gasteiger partial charge in [0.2, 0.25) is 0 Å². The highest BCUT2D eigenvalue weighted by Gasteiger charge is 2.53. The Labute approximate surface area is 282 Å². The fourth-order valence-electron chi connectivity index (χ4n) is 9.03. The van der Waals surface area contributed by atoms with E-state index < -0.39 is 0 Å². The maximum atomic E-state index is 2.59. The van der Waals surface area contributed by atoms with Crippen LogP contribution < -0.4 is 4.90 Å². The minimum Gasteiger partial charge on any atom is -0.334 e. The highest BCUT2D eigenvalue weighted by Crippen LogP contribution is 2.59. The third-order valence-electron chi connectivity index (χ3n) is 11.6. The monoisotopic (exact) mass is 618 g/mol. The molecule has 0 saturated heterocycles. The molecule has 2 heteroatoms. The molecular weight excluding hydrogens is 581 g/mol. The molecular formula is C46H38N2. The molecule has 0 N–H and O–H groups in total. The molecule has 5 aromatic carbocycles. The fraction of sp³-hybridized carbons (Fsp3) is 0.174. The van der Waals surface area contributed by atoms with Gasteiger partial charge in [0.15, 0.2) is 0 Å². The van der Waals surface area contributed by atoms with Crippen molar-refractivity contribution < 1.29 is 0 Å². The predicted octanol–water partition coefficient (Wildman–Crippen LogP) is 11.2. The standard InChI is InChI=1S/C46H38N2/c1-45(2)41-28-34(47(33-15-7-4-8-16-33)36-25-26-46(30-32(46)27-36)31-13-5-3-6-14-31)21-23-37(41)38-24-22-35(29-42(38)45)48-43-19-11-9-17-39(43)40-18-10-12-20-44(40)48/h3-15,17-29,32-33H,16,30H2,1-2H3. The molecule has 0 amide bonds. The number of nitrogens with zero attached hydrogens (tertiary/aromatic N) is 2. The summed E-state index contributed by atoms with van der Waals surface area (Å²) in [5.41, 5.74) is 13.3. The number of rotatable bonds is 5. The first-order valence-corrected chi connectivity index (χ1v) is 17.4. The molecule has 2 nitrogen and oxygen atoms in total. The molecule has 3 atom stereocenters. The quantitative estimate of drug-likeness (QED) is 0.187. The molecule has 1 aromatic heterocycles. The number of allylic oxidation sites excluding steroid dienone is 5. The van der Waals surface area contributed by atoms with Gasteiger partial charge in [-0.25, -0.2) is 0 Å². The number of para-hydroxylation sites is 2. The van der Waals surface area contributed by atoms with Crippen LogP contribution in [0.2, 0.25) is 0 Å². The van der Waals surface area contributed by atoms with E-state index in [0.29, 0.717) is 5.92 Å². The van der Waals surface area contributed by atoms with Crippen LogP contribution in [0.15, 0.2) is 163 Å². The van der Waals surface area contributed by atoms with Gasteiger partial charge in [-0.05, 0) is 89.1 Å². The molecule has 1 saturated carbocycles. The van der Waals surface area contributed by atoms with Crippen LogP contribution in [0, 0.1) is 5.92 Å². The van der Waals surface area contributed by atoms with Gasteiger partial charge in [0.25, 0.3) is 0 Å². The zero-order valence-corrected chi connectivity index (χ0v) is 27.5. The molecule has 6 aromatic rings. The Morgan fingerprint density at radius 2 is 1.40 bits per heavy atom. The van der Waals surface area contributed by atoms with Gasteiger partial charge in [0.05, 0.1) is 17.1 Å². The summed E-state index contributed by atoms with van der Waals surface area (Å²) in [5.74, 6) is 0.542. The summed E-state index contributed by atoms with van der Waals surface area (Å²) in [6, 6.07) is 43.3. The van der Waals surface area contributed by atoms with Gasteiger partial charge < -0.3 is 9.47 Å². The Hall–Kier alpha value is -5.34. The highest BCUT2D eigenvalue weighted by molar-refractivity contribution is 6.09. The average molecular weight is 619 g/mol. The van der Waals surface area contributed by atoms with E-state index in [2.05, 4.69) is 181 Å². The highest BCUT2D eigenvalue weighted by atomic mass is 15.2. The lowest BCUT2D eigenvalue weighted by atomic mass is 9.82. The van der Waals surface area contributed by atoms with Crippen molar-refractivity contribution >= 4 is 27.5 Å². The summed E-state index contributed by atoms with van der Waals surface area (Å²) in [5, 5.41) is 2.59. The van der Waals surface area contributed by atoms with Gasteiger partial charge in [-0.1, -0.05) is 129 Å². The second-order valence-corrected chi connectivity index (χ2v) is 14.6. The summed E-state index contributed by atoms with van der Waals surface area (Å²) in [4.78, 5) is 2.59. The van der Waals surface area contributed by atoms with Gasteiger partial charge in [-0.15, -0.1) is 0 Å². The summed E-state index contributed by atoms with van der Waals surface area (Å²) in [6.07, 6.45) is 18.7. The number of hydrogen-bond donors (Lipinski definition) is 0. The van der Waals surface area contributed by atoms with Crippen LogP contribution in [0.1, 0.15) is 43.4 Å². The molecule has 10 rings (SSSR count). The predicted molar refractivity (Wildman–Crippen MR) is 201 cm³/mol. The lowest BCUT2D eigenvalue weighted by molar-refractivity contribution is 0.658. The minimum absolute atomic E-state index is 0.140. The van der Waals surface area contributed by atoms with Crippen LogP contribution in [0.4, 0.5) is 5.69 Å². The van der Waals surface area contributed by atoms with Crippen LogP contribution in [0.5, 0.6) is 0 Å². The Bertz CT molecular complexity index is 2340. The third-order valence-corrected chi connectivity index (χ3v) is 11.6. The van der Waals surface area contributed by atoms with Gasteiger partial charge >= 0.3 is 0 Å². The number of aromatic nitrogens is 1. The van der Waals surface area contributed by atoms with E-state index in [4.69, 9.17) is 0 Å². The van der Waals surface area contributed by atoms with E-state index in [1.54, 1.807) is 0 Å². The largest absolute Gasteiger partial charge is 0.334 e. The molecule has 232 valence electrons. The second kappa shape index (κ2) is 10.1. The first-order valence-electron chi connectivity index (χ1n) is 17.4. The van der Waals surface area contributed by atoms with E-state index in [9.17, 15) is 0 Å². The Balaban J connectivity index is 1.06. The molecule has 0 spiro atoms. The zero-order chi connectivity index (χ0) is 32.0. The molecule has 0 bridgehead atoms. The first kappa shape index (κ1) is 27.7. The van der Waals surface area contributed by atoms with E-state index in [1.165, 1.54) is 73.1 Å². The van der Waals surface area contributed by atoms with E-state index in [-0.39, 0.29) is 16.9 Å². The maximum Gasteiger partial charge on any atom is 0.0559 e. The van der Waals surface area contributed by atoms with Gasteiger partial charge in [-0.3, -0.25) is 0 Å². The average Bonchev–Trinajstić information content (AvgIpc) is 3.73. The SMILES string of the molecule is CC1(C)c2cc(N(C3=CC4CC4(c4ccccc4)C=C3)C3C=CC=CC3)ccc2-c2ccc(-n3c4ccccc4c4ccccc43)cc21. The summed E-state index contributed by atoms with van der Waals surface area (Å²) in [6.45, 7) is 4.81. The minimum atomic E-state index is -0.140. The zero-order valence-electron chi connectivity index (χ0n) is 27.5. The molecule has 48 heavy (non-hydrogen) atoms. The van der Waals surface area contributed by atoms with E-state index in [0.717, 1.165) is 6.42 Å². The van der Waals surface area contributed by atoms with Crippen molar-refractivity contribution in [1.29, 1.82) is 0 Å². The smallest absolute Gasteiger partial charge is 0.0559 e. The van der Waals surface area contributed by atoms with Crippen molar-refractivity contribution in [2.45, 2.75) is 43.6 Å². The molecule has 0 aliphatic heterocycles. The van der Waals surface area contributed by atoms with Crippen molar-refractivity contribution in [2.24, 2.45) is 5.92 Å². The lowest BCUT2D eigenvalue weighted by Crippen LogP contribution is -2.34. The van der Waals surface area contributed by atoms with E-state index >= 15 is 0 Å².